The van der Waals surface area contributed by atoms with E-state index in [1.165, 1.54) is 7.11 Å². The standard InChI is InChI=1S/C19H38O5Si4/c1-14(16(20)23-3)13-19(2)15(17(21)24-18(19)22)28(25(4,5)6,26(7,8)9)27(10,11)12/h15H,1,13H2,2-12H3/t15-,19+/m0/s1. The van der Waals surface area contributed by atoms with Crippen molar-refractivity contribution in [2.24, 2.45) is 5.41 Å². The third-order valence-electron chi connectivity index (χ3n) is 6.57. The van der Waals surface area contributed by atoms with Gasteiger partial charge in [-0.3, -0.25) is 9.59 Å². The highest BCUT2D eigenvalue weighted by Gasteiger charge is 2.74. The highest BCUT2D eigenvalue weighted by molar-refractivity contribution is 7.90. The van der Waals surface area contributed by atoms with E-state index in [4.69, 9.17) is 9.47 Å². The van der Waals surface area contributed by atoms with Gasteiger partial charge in [-0.05, 0) is 13.3 Å². The van der Waals surface area contributed by atoms with Crippen molar-refractivity contribution in [3.8, 4) is 0 Å². The van der Waals surface area contributed by atoms with E-state index in [-0.39, 0.29) is 18.0 Å². The van der Waals surface area contributed by atoms with Crippen molar-refractivity contribution in [3.63, 3.8) is 0 Å². The van der Waals surface area contributed by atoms with E-state index in [9.17, 15) is 14.4 Å². The molecule has 9 heteroatoms. The van der Waals surface area contributed by atoms with E-state index in [0.717, 1.165) is 0 Å². The molecular formula is C19H38O5Si4. The molecule has 0 aromatic heterocycles. The van der Waals surface area contributed by atoms with Gasteiger partial charge in [0.05, 0.1) is 24.7 Å². The maximum Gasteiger partial charge on any atom is 0.333 e. The molecule has 2 atom stereocenters. The first-order chi connectivity index (χ1) is 12.3. The summed E-state index contributed by atoms with van der Waals surface area (Å²) in [6, 6.07) is 0. The molecule has 0 aliphatic carbocycles. The molecule has 28 heavy (non-hydrogen) atoms. The van der Waals surface area contributed by atoms with Crippen molar-refractivity contribution in [1.29, 1.82) is 0 Å². The van der Waals surface area contributed by atoms with Crippen LogP contribution in [0.5, 0.6) is 0 Å². The number of methoxy groups -OCH3 is 1. The van der Waals surface area contributed by atoms with Gasteiger partial charge in [0, 0.05) is 28.3 Å². The molecule has 0 bridgehead atoms. The molecule has 1 aliphatic rings. The first kappa shape index (κ1) is 25.3. The number of rotatable bonds is 7. The summed E-state index contributed by atoms with van der Waals surface area (Å²) in [5.74, 6) is -1.39. The molecule has 5 nitrogen and oxygen atoms in total. The summed E-state index contributed by atoms with van der Waals surface area (Å²) in [5, 5.41) is 0. The lowest BCUT2D eigenvalue weighted by Crippen LogP contribution is -2.86. The van der Waals surface area contributed by atoms with Gasteiger partial charge < -0.3 is 9.47 Å². The minimum atomic E-state index is -2.29. The van der Waals surface area contributed by atoms with Gasteiger partial charge in [-0.1, -0.05) is 65.5 Å². The maximum absolute atomic E-state index is 13.3. The Morgan fingerprint density at radius 2 is 1.39 bits per heavy atom. The van der Waals surface area contributed by atoms with Crippen LogP contribution < -0.4 is 0 Å². The first-order valence-electron chi connectivity index (χ1n) is 9.81. The van der Waals surface area contributed by atoms with Crippen LogP contribution in [0.4, 0.5) is 0 Å². The molecule has 0 unspecified atom stereocenters. The Balaban J connectivity index is 3.88. The number of carbonyl (C=O) groups is 3. The van der Waals surface area contributed by atoms with Gasteiger partial charge >= 0.3 is 17.9 Å². The molecule has 1 saturated heterocycles. The van der Waals surface area contributed by atoms with Gasteiger partial charge in [-0.15, -0.1) is 0 Å². The summed E-state index contributed by atoms with van der Waals surface area (Å²) in [7, 11) is -4.27. The molecule has 160 valence electrons. The molecule has 1 fully saturated rings. The van der Waals surface area contributed by atoms with Crippen molar-refractivity contribution in [1.82, 2.24) is 0 Å². The Morgan fingerprint density at radius 3 is 1.71 bits per heavy atom. The van der Waals surface area contributed by atoms with Crippen LogP contribution in [0.15, 0.2) is 12.2 Å². The normalized spacial score (nSPS) is 24.2. The largest absolute Gasteiger partial charge is 0.466 e. The lowest BCUT2D eigenvalue weighted by molar-refractivity contribution is -0.154. The summed E-state index contributed by atoms with van der Waals surface area (Å²) < 4.78 is 10.1. The Labute approximate surface area is 173 Å². The van der Waals surface area contributed by atoms with E-state index in [1.807, 2.05) is 6.92 Å². The van der Waals surface area contributed by atoms with Gasteiger partial charge in [0.2, 0.25) is 0 Å². The lowest BCUT2D eigenvalue weighted by Gasteiger charge is -2.61. The van der Waals surface area contributed by atoms with Crippen molar-refractivity contribution < 1.29 is 23.9 Å². The fourth-order valence-corrected chi connectivity index (χ4v) is 110. The van der Waals surface area contributed by atoms with Crippen LogP contribution in [0.25, 0.3) is 0 Å². The van der Waals surface area contributed by atoms with Crippen LogP contribution in [0.3, 0.4) is 0 Å². The molecule has 1 rings (SSSR count). The summed E-state index contributed by atoms with van der Waals surface area (Å²) in [4.78, 5) is 38.4. The van der Waals surface area contributed by atoms with Gasteiger partial charge in [-0.25, -0.2) is 4.79 Å². The number of ether oxygens (including phenoxy) is 2. The monoisotopic (exact) mass is 458 g/mol. The predicted molar refractivity (Wildman–Crippen MR) is 125 cm³/mol. The van der Waals surface area contributed by atoms with Crippen LogP contribution in [0.1, 0.15) is 13.3 Å². The summed E-state index contributed by atoms with van der Waals surface area (Å²) in [6.07, 6.45) is 0.114. The van der Waals surface area contributed by atoms with Crippen LogP contribution in [-0.4, -0.2) is 54.4 Å². The predicted octanol–water partition coefficient (Wildman–Crippen LogP) is 4.26. The van der Waals surface area contributed by atoms with E-state index < -0.39 is 52.3 Å². The Morgan fingerprint density at radius 1 is 1.00 bits per heavy atom. The van der Waals surface area contributed by atoms with Crippen molar-refractivity contribution in [3.05, 3.63) is 12.2 Å². The molecule has 0 saturated carbocycles. The summed E-state index contributed by atoms with van der Waals surface area (Å²) in [6.45, 7) is 24.8. The molecule has 1 aliphatic heterocycles. The van der Waals surface area contributed by atoms with Crippen molar-refractivity contribution in [2.75, 3.05) is 7.11 Å². The van der Waals surface area contributed by atoms with E-state index in [2.05, 4.69) is 65.5 Å². The average molecular weight is 459 g/mol. The molecule has 0 aromatic carbocycles. The Kier molecular flexibility index (Phi) is 6.74. The van der Waals surface area contributed by atoms with Gasteiger partial charge in [-0.2, -0.15) is 0 Å². The van der Waals surface area contributed by atoms with Crippen LogP contribution in [0, 0.1) is 5.41 Å². The highest BCUT2D eigenvalue weighted by Crippen LogP contribution is 2.57. The van der Waals surface area contributed by atoms with Gasteiger partial charge in [0.1, 0.15) is 0 Å². The molecule has 0 amide bonds. The second-order valence-corrected chi connectivity index (χ2v) is 52.2. The Hall–Kier alpha value is -0.782. The Bertz CT molecular complexity index is 661. The smallest absolute Gasteiger partial charge is 0.333 e. The lowest BCUT2D eigenvalue weighted by atomic mass is 9.82. The molecule has 1 heterocycles. The van der Waals surface area contributed by atoms with Crippen LogP contribution in [0.2, 0.25) is 64.5 Å². The van der Waals surface area contributed by atoms with Gasteiger partial charge in [0.25, 0.3) is 0 Å². The SMILES string of the molecule is C=C(C[C@@]1(C)C(=O)OC(=O)[C@@H]1[Si]([Si](C)(C)C)([Si](C)(C)C)[Si](C)(C)C)C(=O)OC. The second kappa shape index (κ2) is 7.48. The minimum absolute atomic E-state index is 0.114. The van der Waals surface area contributed by atoms with E-state index in [1.54, 1.807) is 0 Å². The summed E-state index contributed by atoms with van der Waals surface area (Å²) in [5.41, 5.74) is -1.24. The molecule has 0 spiro atoms. The first-order valence-corrected chi connectivity index (χ1v) is 25.4. The average Bonchev–Trinajstić information content (AvgIpc) is 2.66. The van der Waals surface area contributed by atoms with Crippen LogP contribution >= 0.6 is 0 Å². The quantitative estimate of drug-likeness (QED) is 0.247. The maximum atomic E-state index is 13.3. The number of carbonyl (C=O) groups excluding carboxylic acids is 3. The molecule has 0 aromatic rings. The third-order valence-corrected chi connectivity index (χ3v) is 79.8. The number of hydrogen-bond donors (Lipinski definition) is 0. The number of esters is 3. The van der Waals surface area contributed by atoms with Crippen molar-refractivity contribution >= 4 is 47.3 Å². The fourth-order valence-electron chi connectivity index (χ4n) is 6.81. The molecule has 0 N–H and O–H groups in total. The molecular weight excluding hydrogens is 421 g/mol. The zero-order chi connectivity index (χ0) is 22.5. The molecule has 0 radical (unpaired) electrons. The summed E-state index contributed by atoms with van der Waals surface area (Å²) >= 11 is 0. The minimum Gasteiger partial charge on any atom is -0.466 e. The fraction of sp³-hybridized carbons (Fsp3) is 0.737. The zero-order valence-corrected chi connectivity index (χ0v) is 23.5. The topological polar surface area (TPSA) is 69.7 Å². The van der Waals surface area contributed by atoms with Crippen molar-refractivity contribution in [2.45, 2.75) is 77.8 Å². The number of hydrogen-bond acceptors (Lipinski definition) is 5. The van der Waals surface area contributed by atoms with Gasteiger partial charge in [0.15, 0.2) is 0 Å². The second-order valence-electron chi connectivity index (χ2n) is 11.4. The zero-order valence-electron chi connectivity index (χ0n) is 19.5. The van der Waals surface area contributed by atoms with Crippen LogP contribution in [-0.2, 0) is 23.9 Å². The highest BCUT2D eigenvalue weighted by atomic mass is 29.9. The van der Waals surface area contributed by atoms with E-state index in [0.29, 0.717) is 0 Å². The number of cyclic esters (lactones) is 2. The third kappa shape index (κ3) is 3.70. The van der Waals surface area contributed by atoms with E-state index >= 15 is 0 Å².